The molecular formula is C24H30FN3OS. The quantitative estimate of drug-likeness (QED) is 0.676. The van der Waals surface area contributed by atoms with Crippen LogP contribution in [0.15, 0.2) is 42.5 Å². The van der Waals surface area contributed by atoms with E-state index in [1.807, 2.05) is 12.1 Å². The van der Waals surface area contributed by atoms with Crippen LogP contribution in [0.5, 0.6) is 0 Å². The lowest BCUT2D eigenvalue weighted by molar-refractivity contribution is 0.122. The predicted octanol–water partition coefficient (Wildman–Crippen LogP) is 4.19. The number of ether oxygens (including phenoxy) is 1. The molecule has 2 aliphatic heterocycles. The summed E-state index contributed by atoms with van der Waals surface area (Å²) in [6.45, 7) is 8.06. The molecule has 2 heterocycles. The van der Waals surface area contributed by atoms with Gasteiger partial charge in [0.2, 0.25) is 0 Å². The Hall–Kier alpha value is -1.76. The highest BCUT2D eigenvalue weighted by molar-refractivity contribution is 7.80. The Morgan fingerprint density at radius 2 is 1.80 bits per heavy atom. The number of hydrogen-bond acceptors (Lipinski definition) is 5. The first-order chi connectivity index (χ1) is 14.6. The number of hydrogen-bond donors (Lipinski definition) is 2. The summed E-state index contributed by atoms with van der Waals surface area (Å²) >= 11 is 4.87. The molecule has 1 N–H and O–H groups in total. The lowest BCUT2D eigenvalue weighted by Gasteiger charge is -2.29. The molecule has 0 radical (unpaired) electrons. The normalized spacial score (nSPS) is 27.0. The first-order valence-corrected chi connectivity index (χ1v) is 11.5. The summed E-state index contributed by atoms with van der Waals surface area (Å²) < 4.78 is 20.0. The molecule has 3 unspecified atom stereocenters. The minimum atomic E-state index is -0.153. The number of fused-ring (bicyclic) bond motifs is 1. The Morgan fingerprint density at radius 3 is 2.47 bits per heavy atom. The maximum absolute atomic E-state index is 14.6. The molecule has 160 valence electrons. The van der Waals surface area contributed by atoms with Crippen LogP contribution in [0.4, 0.5) is 15.8 Å². The number of halogens is 1. The van der Waals surface area contributed by atoms with E-state index in [9.17, 15) is 4.39 Å². The minimum Gasteiger partial charge on any atom is -0.385 e. The van der Waals surface area contributed by atoms with E-state index in [-0.39, 0.29) is 11.2 Å². The second-order valence-corrected chi connectivity index (χ2v) is 9.37. The molecule has 1 saturated carbocycles. The van der Waals surface area contributed by atoms with Crippen LogP contribution < -0.4 is 10.2 Å². The number of nitrogens with one attached hydrogen (secondary N) is 1. The van der Waals surface area contributed by atoms with Gasteiger partial charge in [-0.25, -0.2) is 4.39 Å². The number of rotatable bonds is 6. The highest BCUT2D eigenvalue weighted by Gasteiger charge is 2.55. The van der Waals surface area contributed by atoms with Crippen molar-refractivity contribution < 1.29 is 9.13 Å². The molecule has 0 spiro atoms. The Labute approximate surface area is 183 Å². The van der Waals surface area contributed by atoms with Gasteiger partial charge in [0.25, 0.3) is 0 Å². The Bertz CT molecular complexity index is 875. The van der Waals surface area contributed by atoms with Crippen molar-refractivity contribution in [2.45, 2.75) is 12.3 Å². The third-order valence-corrected chi connectivity index (χ3v) is 7.59. The molecule has 2 aromatic carbocycles. The molecule has 1 aliphatic carbocycles. The van der Waals surface area contributed by atoms with Crippen molar-refractivity contribution in [2.75, 3.05) is 56.2 Å². The number of likely N-dealkylation sites (tertiary alicyclic amines) is 1. The van der Waals surface area contributed by atoms with E-state index in [2.05, 4.69) is 46.3 Å². The summed E-state index contributed by atoms with van der Waals surface area (Å²) in [7, 11) is 0. The molecule has 30 heavy (non-hydrogen) atoms. The van der Waals surface area contributed by atoms with E-state index in [1.54, 1.807) is 6.07 Å². The van der Waals surface area contributed by atoms with Gasteiger partial charge < -0.3 is 15.0 Å². The molecule has 6 heteroatoms. The predicted molar refractivity (Wildman–Crippen MR) is 123 cm³/mol. The topological polar surface area (TPSA) is 27.7 Å². The van der Waals surface area contributed by atoms with Crippen LogP contribution in [0.25, 0.3) is 0 Å². The minimum absolute atomic E-state index is 0.153. The standard InChI is InChI=1S/C24H30FN3OS/c1-16-2-4-17(5-3-16)24(30)28-14-20-19(21(20)15-28)13-26-18-6-7-23(22(25)12-18)27-8-10-29-11-9-27/h2-7,12,19-21,24,26,30H,8-11,13-15H2,1H3. The second kappa shape index (κ2) is 8.40. The fraction of sp³-hybridized carbons (Fsp3) is 0.500. The van der Waals surface area contributed by atoms with Gasteiger partial charge in [-0.3, -0.25) is 4.90 Å². The Balaban J connectivity index is 1.12. The number of thiol groups is 1. The van der Waals surface area contributed by atoms with Crippen molar-refractivity contribution >= 4 is 24.0 Å². The summed E-state index contributed by atoms with van der Waals surface area (Å²) in [6.07, 6.45) is 0. The van der Waals surface area contributed by atoms with Gasteiger partial charge in [-0.2, -0.15) is 12.6 Å². The molecule has 4 nitrogen and oxygen atoms in total. The van der Waals surface area contributed by atoms with Crippen LogP contribution in [0.2, 0.25) is 0 Å². The monoisotopic (exact) mass is 427 g/mol. The molecule has 5 rings (SSSR count). The number of nitrogens with zero attached hydrogens (tertiary/aromatic N) is 2. The Morgan fingerprint density at radius 1 is 1.10 bits per heavy atom. The van der Waals surface area contributed by atoms with Gasteiger partial charge in [0.1, 0.15) is 5.82 Å². The molecule has 3 atom stereocenters. The average Bonchev–Trinajstić information content (AvgIpc) is 3.21. The highest BCUT2D eigenvalue weighted by Crippen LogP contribution is 2.53. The summed E-state index contributed by atoms with van der Waals surface area (Å²) in [4.78, 5) is 4.54. The second-order valence-electron chi connectivity index (χ2n) is 8.88. The third kappa shape index (κ3) is 4.05. The maximum atomic E-state index is 14.6. The number of benzene rings is 2. The maximum Gasteiger partial charge on any atom is 0.148 e. The van der Waals surface area contributed by atoms with Crippen LogP contribution in [-0.4, -0.2) is 50.8 Å². The van der Waals surface area contributed by atoms with Crippen molar-refractivity contribution in [3.05, 3.63) is 59.4 Å². The van der Waals surface area contributed by atoms with E-state index in [0.717, 1.165) is 50.2 Å². The molecule has 2 aromatic rings. The third-order valence-electron chi connectivity index (χ3n) is 6.96. The van der Waals surface area contributed by atoms with E-state index >= 15 is 0 Å². The zero-order valence-corrected chi connectivity index (χ0v) is 18.3. The van der Waals surface area contributed by atoms with Gasteiger partial charge in [0, 0.05) is 38.4 Å². The largest absolute Gasteiger partial charge is 0.385 e. The fourth-order valence-electron chi connectivity index (χ4n) is 5.05. The highest BCUT2D eigenvalue weighted by atomic mass is 32.1. The van der Waals surface area contributed by atoms with Gasteiger partial charge in [-0.05, 0) is 48.4 Å². The zero-order chi connectivity index (χ0) is 20.7. The lowest BCUT2D eigenvalue weighted by Crippen LogP contribution is -2.36. The average molecular weight is 428 g/mol. The van der Waals surface area contributed by atoms with E-state index < -0.39 is 0 Å². The van der Waals surface area contributed by atoms with Crippen molar-refractivity contribution in [3.63, 3.8) is 0 Å². The molecule has 0 amide bonds. The summed E-state index contributed by atoms with van der Waals surface area (Å²) in [6, 6.07) is 14.2. The van der Waals surface area contributed by atoms with Gasteiger partial charge in [0.15, 0.2) is 0 Å². The van der Waals surface area contributed by atoms with Gasteiger partial charge in [-0.1, -0.05) is 29.8 Å². The van der Waals surface area contributed by atoms with Gasteiger partial charge in [-0.15, -0.1) is 0 Å². The van der Waals surface area contributed by atoms with Crippen molar-refractivity contribution in [1.82, 2.24) is 4.90 Å². The first-order valence-electron chi connectivity index (χ1n) is 10.9. The zero-order valence-electron chi connectivity index (χ0n) is 17.4. The van der Waals surface area contributed by atoms with E-state index in [4.69, 9.17) is 17.4 Å². The van der Waals surface area contributed by atoms with Crippen molar-refractivity contribution in [3.8, 4) is 0 Å². The van der Waals surface area contributed by atoms with Crippen LogP contribution >= 0.6 is 12.6 Å². The van der Waals surface area contributed by atoms with Gasteiger partial charge in [0.05, 0.1) is 24.3 Å². The van der Waals surface area contributed by atoms with Crippen LogP contribution in [-0.2, 0) is 4.74 Å². The molecule has 3 aliphatic rings. The lowest BCUT2D eigenvalue weighted by atomic mass is 10.1. The van der Waals surface area contributed by atoms with Crippen LogP contribution in [0, 0.1) is 30.5 Å². The van der Waals surface area contributed by atoms with Crippen LogP contribution in [0.1, 0.15) is 16.5 Å². The van der Waals surface area contributed by atoms with Crippen molar-refractivity contribution in [2.24, 2.45) is 17.8 Å². The summed E-state index contributed by atoms with van der Waals surface area (Å²) in [5.41, 5.74) is 4.11. The summed E-state index contributed by atoms with van der Waals surface area (Å²) in [5, 5.41) is 3.64. The van der Waals surface area contributed by atoms with Crippen LogP contribution in [0.3, 0.4) is 0 Å². The molecule has 0 aromatic heterocycles. The SMILES string of the molecule is Cc1ccc(C(S)N2CC3C(CNc4ccc(N5CCOCC5)c(F)c4)C3C2)cc1. The molecule has 3 fully saturated rings. The van der Waals surface area contributed by atoms with Gasteiger partial charge >= 0.3 is 0 Å². The molecule has 2 saturated heterocycles. The smallest absolute Gasteiger partial charge is 0.148 e. The van der Waals surface area contributed by atoms with Crippen molar-refractivity contribution in [1.29, 1.82) is 0 Å². The molecular weight excluding hydrogens is 397 g/mol. The number of aryl methyl sites for hydroxylation is 1. The first kappa shape index (κ1) is 20.2. The number of anilines is 2. The molecule has 0 bridgehead atoms. The fourth-order valence-corrected chi connectivity index (χ4v) is 5.41. The van der Waals surface area contributed by atoms with E-state index in [1.165, 1.54) is 11.1 Å². The number of morpholine rings is 1. The van der Waals surface area contributed by atoms with E-state index in [0.29, 0.717) is 24.8 Å². The Kier molecular flexibility index (Phi) is 5.65. The number of piperidine rings is 1. The summed E-state index contributed by atoms with van der Waals surface area (Å²) in [5.74, 6) is 1.99.